The van der Waals surface area contributed by atoms with Crippen molar-refractivity contribution in [1.82, 2.24) is 9.80 Å². The lowest BCUT2D eigenvalue weighted by atomic mass is 9.89. The van der Waals surface area contributed by atoms with Crippen LogP contribution in [0.2, 0.25) is 0 Å². The van der Waals surface area contributed by atoms with Crippen LogP contribution in [-0.2, 0) is 24.2 Å². The van der Waals surface area contributed by atoms with Gasteiger partial charge in [-0.1, -0.05) is 6.07 Å². The van der Waals surface area contributed by atoms with Gasteiger partial charge in [0, 0.05) is 34.5 Å². The van der Waals surface area contributed by atoms with Crippen molar-refractivity contribution < 1.29 is 9.18 Å². The summed E-state index contributed by atoms with van der Waals surface area (Å²) in [6.45, 7) is 8.94. The summed E-state index contributed by atoms with van der Waals surface area (Å²) in [7, 11) is 0. The van der Waals surface area contributed by atoms with Gasteiger partial charge in [-0.3, -0.25) is 4.79 Å². The lowest BCUT2D eigenvalue weighted by molar-refractivity contribution is -0.129. The van der Waals surface area contributed by atoms with Crippen molar-refractivity contribution in [2.24, 2.45) is 0 Å². The van der Waals surface area contributed by atoms with Gasteiger partial charge in [0.25, 0.3) is 0 Å². The van der Waals surface area contributed by atoms with E-state index >= 15 is 0 Å². The van der Waals surface area contributed by atoms with Crippen LogP contribution in [0.4, 0.5) is 4.39 Å². The highest BCUT2D eigenvalue weighted by Crippen LogP contribution is 2.37. The van der Waals surface area contributed by atoms with Gasteiger partial charge in [0.15, 0.2) is 0 Å². The highest BCUT2D eigenvalue weighted by Gasteiger charge is 2.26. The molecule has 0 radical (unpaired) electrons. The molecule has 31 heavy (non-hydrogen) atoms. The van der Waals surface area contributed by atoms with Crippen LogP contribution in [0, 0.1) is 12.7 Å². The third-order valence-corrected chi connectivity index (χ3v) is 9.22. The van der Waals surface area contributed by atoms with Crippen molar-refractivity contribution in [1.29, 1.82) is 0 Å². The number of amides is 1. The number of halogens is 1. The lowest BCUT2D eigenvalue weighted by Crippen LogP contribution is -2.35. The largest absolute Gasteiger partial charge is 0.337 e. The number of carbonyl (C=O) groups excluding carboxylic acids is 1. The summed E-state index contributed by atoms with van der Waals surface area (Å²) in [6, 6.07) is 5.21. The molecule has 3 nitrogen and oxygen atoms in total. The predicted molar refractivity (Wildman–Crippen MR) is 128 cm³/mol. The first kappa shape index (κ1) is 21.1. The molecule has 0 bridgehead atoms. The summed E-state index contributed by atoms with van der Waals surface area (Å²) in [5.41, 5.74) is 4.47. The molecule has 0 N–H and O–H groups in total. The molecule has 0 saturated carbocycles. The fourth-order valence-corrected chi connectivity index (χ4v) is 7.63. The average molecular weight is 457 g/mol. The number of likely N-dealkylation sites (tertiary alicyclic amines) is 1. The van der Waals surface area contributed by atoms with Gasteiger partial charge in [-0.05, 0) is 91.2 Å². The number of carbonyl (C=O) groups is 1. The molecule has 0 atom stereocenters. The van der Waals surface area contributed by atoms with E-state index in [9.17, 15) is 9.18 Å². The van der Waals surface area contributed by atoms with Crippen LogP contribution in [0.15, 0.2) is 23.6 Å². The number of fused-ring (bicyclic) bond motifs is 2. The van der Waals surface area contributed by atoms with Gasteiger partial charge >= 0.3 is 0 Å². The van der Waals surface area contributed by atoms with Crippen molar-refractivity contribution >= 4 is 38.7 Å². The molecule has 0 spiro atoms. The number of rotatable bonds is 4. The van der Waals surface area contributed by atoms with E-state index in [0.29, 0.717) is 5.92 Å². The molecule has 2 aliphatic rings. The molecule has 3 aromatic rings. The van der Waals surface area contributed by atoms with Gasteiger partial charge in [-0.15, -0.1) is 22.7 Å². The molecule has 0 aliphatic carbocycles. The van der Waals surface area contributed by atoms with E-state index in [4.69, 9.17) is 0 Å². The van der Waals surface area contributed by atoms with Crippen LogP contribution in [-0.4, -0.2) is 41.9 Å². The van der Waals surface area contributed by atoms with Crippen molar-refractivity contribution in [2.45, 2.75) is 52.0 Å². The van der Waals surface area contributed by atoms with Crippen LogP contribution in [0.5, 0.6) is 0 Å². The zero-order valence-corrected chi connectivity index (χ0v) is 19.9. The number of aryl methyl sites for hydroxylation is 1. The van der Waals surface area contributed by atoms with E-state index in [1.165, 1.54) is 44.7 Å². The maximum atomic E-state index is 13.5. The third-order valence-electron chi connectivity index (χ3n) is 7.09. The first-order chi connectivity index (χ1) is 15.0. The minimum absolute atomic E-state index is 0.143. The highest BCUT2D eigenvalue weighted by molar-refractivity contribution is 7.17. The Morgan fingerprint density at radius 1 is 1.23 bits per heavy atom. The SMILES string of the molecule is CC(=O)N1CCc2c(sc(C)c2CCN2CCC(c3csc4cc(F)ccc34)CC2)C1. The van der Waals surface area contributed by atoms with Crippen molar-refractivity contribution in [3.05, 3.63) is 55.8 Å². The smallest absolute Gasteiger partial charge is 0.219 e. The van der Waals surface area contributed by atoms with E-state index in [2.05, 4.69) is 17.2 Å². The summed E-state index contributed by atoms with van der Waals surface area (Å²) in [5.74, 6) is 0.629. The zero-order valence-electron chi connectivity index (χ0n) is 18.2. The second kappa shape index (κ2) is 8.64. The standard InChI is InChI=1S/C25H29FN2OS2/c1-16-20(22-8-12-28(17(2)29)14-25(22)31-16)7-11-27-9-5-18(6-10-27)23-15-30-24-13-19(26)3-4-21(23)24/h3-4,13,15,18H,5-12,14H2,1-2H3. The Morgan fingerprint density at radius 3 is 2.81 bits per heavy atom. The zero-order chi connectivity index (χ0) is 21.5. The predicted octanol–water partition coefficient (Wildman–Crippen LogP) is 5.74. The molecule has 2 aromatic heterocycles. The second-order valence-corrected chi connectivity index (χ2v) is 11.1. The molecular formula is C25H29FN2OS2. The van der Waals surface area contributed by atoms with E-state index in [0.717, 1.165) is 50.3 Å². The Kier molecular flexibility index (Phi) is 5.88. The Morgan fingerprint density at radius 2 is 2.03 bits per heavy atom. The molecule has 4 heterocycles. The maximum Gasteiger partial charge on any atom is 0.219 e. The van der Waals surface area contributed by atoms with Gasteiger partial charge in [-0.2, -0.15) is 0 Å². The first-order valence-corrected chi connectivity index (χ1v) is 12.9. The molecule has 0 unspecified atom stereocenters. The summed E-state index contributed by atoms with van der Waals surface area (Å²) < 4.78 is 14.6. The number of piperidine rings is 1. The van der Waals surface area contributed by atoms with Gasteiger partial charge in [0.1, 0.15) is 5.82 Å². The lowest BCUT2D eigenvalue weighted by Gasteiger charge is -2.32. The average Bonchev–Trinajstić information content (AvgIpc) is 3.31. The monoisotopic (exact) mass is 456 g/mol. The number of thiophene rings is 2. The fraction of sp³-hybridized carbons (Fsp3) is 0.480. The molecule has 1 fully saturated rings. The summed E-state index contributed by atoms with van der Waals surface area (Å²) in [6.07, 6.45) is 4.47. The van der Waals surface area contributed by atoms with Gasteiger partial charge in [0.2, 0.25) is 5.91 Å². The number of benzene rings is 1. The molecule has 6 heteroatoms. The molecular weight excluding hydrogens is 427 g/mol. The number of hydrogen-bond donors (Lipinski definition) is 0. The Balaban J connectivity index is 1.20. The topological polar surface area (TPSA) is 23.6 Å². The third kappa shape index (κ3) is 4.18. The minimum Gasteiger partial charge on any atom is -0.337 e. The Bertz CT molecular complexity index is 1110. The Hall–Kier alpha value is -1.76. The summed E-state index contributed by atoms with van der Waals surface area (Å²) in [5, 5.41) is 3.49. The molecule has 1 saturated heterocycles. The van der Waals surface area contributed by atoms with Crippen LogP contribution in [0.1, 0.15) is 52.1 Å². The van der Waals surface area contributed by atoms with Crippen molar-refractivity contribution in [3.8, 4) is 0 Å². The van der Waals surface area contributed by atoms with Gasteiger partial charge < -0.3 is 9.80 Å². The van der Waals surface area contributed by atoms with Crippen molar-refractivity contribution in [3.63, 3.8) is 0 Å². The van der Waals surface area contributed by atoms with Gasteiger partial charge in [-0.25, -0.2) is 4.39 Å². The van der Waals surface area contributed by atoms with Gasteiger partial charge in [0.05, 0.1) is 6.54 Å². The Labute approximate surface area is 191 Å². The van der Waals surface area contributed by atoms with Crippen LogP contribution < -0.4 is 0 Å². The van der Waals surface area contributed by atoms with Crippen LogP contribution in [0.3, 0.4) is 0 Å². The van der Waals surface area contributed by atoms with E-state index in [1.54, 1.807) is 30.4 Å². The quantitative estimate of drug-likeness (QED) is 0.500. The first-order valence-electron chi connectivity index (χ1n) is 11.2. The summed E-state index contributed by atoms with van der Waals surface area (Å²) >= 11 is 3.56. The molecule has 2 aliphatic heterocycles. The van der Waals surface area contributed by atoms with Crippen molar-refractivity contribution in [2.75, 3.05) is 26.2 Å². The molecule has 5 rings (SSSR count). The van der Waals surface area contributed by atoms with Crippen LogP contribution in [0.25, 0.3) is 10.1 Å². The maximum absolute atomic E-state index is 13.5. The molecule has 164 valence electrons. The highest BCUT2D eigenvalue weighted by atomic mass is 32.1. The number of hydrogen-bond acceptors (Lipinski definition) is 4. The minimum atomic E-state index is -0.143. The van der Waals surface area contributed by atoms with E-state index < -0.39 is 0 Å². The number of nitrogens with zero attached hydrogens (tertiary/aromatic N) is 2. The summed E-state index contributed by atoms with van der Waals surface area (Å²) in [4.78, 5) is 19.1. The normalized spacial score (nSPS) is 18.0. The molecule has 1 aromatic carbocycles. The molecule has 1 amide bonds. The second-order valence-electron chi connectivity index (χ2n) is 8.93. The van der Waals surface area contributed by atoms with E-state index in [-0.39, 0.29) is 11.7 Å². The fourth-order valence-electron chi connectivity index (χ4n) is 5.28. The van der Waals surface area contributed by atoms with E-state index in [1.807, 2.05) is 22.3 Å². The van der Waals surface area contributed by atoms with Crippen LogP contribution >= 0.6 is 22.7 Å².